The third-order valence-corrected chi connectivity index (χ3v) is 4.34. The van der Waals surface area contributed by atoms with Crippen molar-refractivity contribution in [2.75, 3.05) is 33.2 Å². The summed E-state index contributed by atoms with van der Waals surface area (Å²) >= 11 is 0. The summed E-state index contributed by atoms with van der Waals surface area (Å²) in [6.45, 7) is 8.75. The maximum absolute atomic E-state index is 9.54. The molecule has 1 fully saturated rings. The Morgan fingerprint density at radius 1 is 1.33 bits per heavy atom. The lowest BCUT2D eigenvalue weighted by Crippen LogP contribution is -2.51. The Morgan fingerprint density at radius 3 is 2.56 bits per heavy atom. The van der Waals surface area contributed by atoms with E-state index in [1.54, 1.807) is 0 Å². The van der Waals surface area contributed by atoms with Gasteiger partial charge in [0, 0.05) is 26.2 Å². The van der Waals surface area contributed by atoms with E-state index in [1.165, 1.54) is 12.0 Å². The smallest absolute Gasteiger partial charge is 0.101 e. The summed E-state index contributed by atoms with van der Waals surface area (Å²) in [5, 5.41) is 9.54. The Morgan fingerprint density at radius 2 is 2.00 bits per heavy atom. The van der Waals surface area contributed by atoms with Gasteiger partial charge in [-0.2, -0.15) is 5.26 Å². The van der Waals surface area contributed by atoms with Crippen molar-refractivity contribution in [2.45, 2.75) is 32.7 Å². The molecule has 3 nitrogen and oxygen atoms in total. The van der Waals surface area contributed by atoms with Crippen LogP contribution in [0.4, 0.5) is 0 Å². The Bertz CT molecular complexity index is 347. The van der Waals surface area contributed by atoms with Crippen molar-refractivity contribution >= 4 is 0 Å². The molecule has 1 heterocycles. The molecule has 0 spiro atoms. The van der Waals surface area contributed by atoms with Crippen molar-refractivity contribution in [1.29, 1.82) is 5.26 Å². The average molecular weight is 247 g/mol. The molecule has 1 saturated heterocycles. The van der Waals surface area contributed by atoms with Gasteiger partial charge in [-0.1, -0.05) is 18.6 Å². The van der Waals surface area contributed by atoms with Gasteiger partial charge in [-0.15, -0.1) is 0 Å². The van der Waals surface area contributed by atoms with Crippen molar-refractivity contribution in [1.82, 2.24) is 9.80 Å². The van der Waals surface area contributed by atoms with E-state index in [2.05, 4.69) is 42.8 Å². The summed E-state index contributed by atoms with van der Waals surface area (Å²) in [4.78, 5) is 4.75. The third kappa shape index (κ3) is 3.13. The van der Waals surface area contributed by atoms with Gasteiger partial charge in [-0.3, -0.25) is 4.90 Å². The second kappa shape index (κ2) is 5.86. The Hall–Kier alpha value is -0.850. The molecular formula is C15H25N3. The first-order valence-electron chi connectivity index (χ1n) is 7.09. The number of allylic oxidation sites excluding steroid dienone is 2. The van der Waals surface area contributed by atoms with Crippen LogP contribution in [-0.2, 0) is 0 Å². The van der Waals surface area contributed by atoms with Gasteiger partial charge in [0.15, 0.2) is 0 Å². The van der Waals surface area contributed by atoms with Crippen LogP contribution in [0.5, 0.6) is 0 Å². The highest BCUT2D eigenvalue weighted by Crippen LogP contribution is 2.32. The Balaban J connectivity index is 2.01. The highest BCUT2D eigenvalue weighted by Gasteiger charge is 2.31. The molecule has 0 bridgehead atoms. The van der Waals surface area contributed by atoms with E-state index in [-0.39, 0.29) is 6.04 Å². The third-order valence-electron chi connectivity index (χ3n) is 4.34. The minimum Gasteiger partial charge on any atom is -0.304 e. The van der Waals surface area contributed by atoms with Crippen LogP contribution >= 0.6 is 0 Å². The fraction of sp³-hybridized carbons (Fsp3) is 0.800. The fourth-order valence-corrected chi connectivity index (χ4v) is 3.42. The SMILES string of the molecule is CC1=CC(C)CC(C(C#N)N2CCN(C)CC2)C1. The molecule has 0 aromatic heterocycles. The van der Waals surface area contributed by atoms with Crippen LogP contribution in [0.1, 0.15) is 26.7 Å². The predicted octanol–water partition coefficient (Wildman–Crippen LogP) is 2.12. The van der Waals surface area contributed by atoms with E-state index in [0.29, 0.717) is 11.8 Å². The highest BCUT2D eigenvalue weighted by atomic mass is 15.3. The first-order valence-corrected chi connectivity index (χ1v) is 7.09. The van der Waals surface area contributed by atoms with Crippen molar-refractivity contribution in [3.8, 4) is 6.07 Å². The van der Waals surface area contributed by atoms with E-state index < -0.39 is 0 Å². The summed E-state index contributed by atoms with van der Waals surface area (Å²) in [6.07, 6.45) is 4.64. The van der Waals surface area contributed by atoms with Gasteiger partial charge < -0.3 is 4.90 Å². The first-order chi connectivity index (χ1) is 8.60. The molecule has 0 saturated carbocycles. The van der Waals surface area contributed by atoms with E-state index in [4.69, 9.17) is 0 Å². The van der Waals surface area contributed by atoms with Gasteiger partial charge in [0.1, 0.15) is 6.04 Å². The summed E-state index contributed by atoms with van der Waals surface area (Å²) in [7, 11) is 2.16. The van der Waals surface area contributed by atoms with Crippen LogP contribution in [0.3, 0.4) is 0 Å². The van der Waals surface area contributed by atoms with E-state index in [1.807, 2.05) is 0 Å². The van der Waals surface area contributed by atoms with Crippen LogP contribution in [0, 0.1) is 23.2 Å². The Kier molecular flexibility index (Phi) is 4.42. The zero-order valence-corrected chi connectivity index (χ0v) is 11.9. The van der Waals surface area contributed by atoms with Crippen LogP contribution in [0.15, 0.2) is 11.6 Å². The minimum atomic E-state index is 0.116. The van der Waals surface area contributed by atoms with Gasteiger partial charge in [-0.25, -0.2) is 0 Å². The molecule has 0 N–H and O–H groups in total. The molecule has 3 atom stereocenters. The molecule has 1 aliphatic heterocycles. The summed E-state index contributed by atoms with van der Waals surface area (Å²) in [5.41, 5.74) is 1.47. The number of rotatable bonds is 2. The normalized spacial score (nSPS) is 32.7. The standard InChI is InChI=1S/C15H25N3/c1-12-8-13(2)10-14(9-12)15(11-16)18-6-4-17(3)5-7-18/h8,12,14-15H,4-7,9-10H2,1-3H3. The second-order valence-corrected chi connectivity index (χ2v) is 6.10. The van der Waals surface area contributed by atoms with Crippen LogP contribution in [0.25, 0.3) is 0 Å². The van der Waals surface area contributed by atoms with Crippen LogP contribution in [-0.4, -0.2) is 49.1 Å². The largest absolute Gasteiger partial charge is 0.304 e. The second-order valence-electron chi connectivity index (χ2n) is 6.10. The summed E-state index contributed by atoms with van der Waals surface area (Å²) in [6, 6.07) is 2.69. The molecule has 0 radical (unpaired) electrons. The van der Waals surface area contributed by atoms with Crippen molar-refractivity contribution < 1.29 is 0 Å². The molecule has 2 rings (SSSR count). The fourth-order valence-electron chi connectivity index (χ4n) is 3.42. The number of piperazine rings is 1. The van der Waals surface area contributed by atoms with Crippen molar-refractivity contribution in [2.24, 2.45) is 11.8 Å². The van der Waals surface area contributed by atoms with Crippen LogP contribution < -0.4 is 0 Å². The van der Waals surface area contributed by atoms with Gasteiger partial charge >= 0.3 is 0 Å². The lowest BCUT2D eigenvalue weighted by Gasteiger charge is -2.40. The Labute approximate surface area is 111 Å². The minimum absolute atomic E-state index is 0.116. The lowest BCUT2D eigenvalue weighted by molar-refractivity contribution is 0.0987. The van der Waals surface area contributed by atoms with Crippen LogP contribution in [0.2, 0.25) is 0 Å². The molecule has 0 aromatic carbocycles. The summed E-state index contributed by atoms with van der Waals surface area (Å²) < 4.78 is 0. The molecule has 2 aliphatic rings. The number of hydrogen-bond acceptors (Lipinski definition) is 3. The van der Waals surface area contributed by atoms with Crippen molar-refractivity contribution in [3.05, 3.63) is 11.6 Å². The molecule has 0 amide bonds. The number of nitriles is 1. The van der Waals surface area contributed by atoms with Gasteiger partial charge in [0.2, 0.25) is 0 Å². The summed E-state index contributed by atoms with van der Waals surface area (Å²) in [5.74, 6) is 1.16. The lowest BCUT2D eigenvalue weighted by atomic mass is 9.79. The number of hydrogen-bond donors (Lipinski definition) is 0. The maximum atomic E-state index is 9.54. The van der Waals surface area contributed by atoms with E-state index >= 15 is 0 Å². The predicted molar refractivity (Wildman–Crippen MR) is 74.1 cm³/mol. The molecule has 3 heteroatoms. The van der Waals surface area contributed by atoms with E-state index in [9.17, 15) is 5.26 Å². The zero-order chi connectivity index (χ0) is 13.1. The van der Waals surface area contributed by atoms with Gasteiger partial charge in [0.05, 0.1) is 6.07 Å². The molecule has 3 unspecified atom stereocenters. The average Bonchev–Trinajstić information content (AvgIpc) is 2.31. The van der Waals surface area contributed by atoms with Crippen molar-refractivity contribution in [3.63, 3.8) is 0 Å². The van der Waals surface area contributed by atoms with E-state index in [0.717, 1.165) is 32.6 Å². The quantitative estimate of drug-likeness (QED) is 0.700. The molecule has 18 heavy (non-hydrogen) atoms. The maximum Gasteiger partial charge on any atom is 0.101 e. The monoisotopic (exact) mass is 247 g/mol. The molecular weight excluding hydrogens is 222 g/mol. The molecule has 1 aliphatic carbocycles. The first kappa shape index (κ1) is 13.6. The molecule has 100 valence electrons. The number of likely N-dealkylation sites (N-methyl/N-ethyl adjacent to an activating group) is 1. The topological polar surface area (TPSA) is 30.3 Å². The van der Waals surface area contributed by atoms with Gasteiger partial charge in [-0.05, 0) is 38.6 Å². The zero-order valence-electron chi connectivity index (χ0n) is 11.9. The molecule has 0 aromatic rings. The highest BCUT2D eigenvalue weighted by molar-refractivity contribution is 5.11. The number of nitrogens with zero attached hydrogens (tertiary/aromatic N) is 3. The van der Waals surface area contributed by atoms with Gasteiger partial charge in [0.25, 0.3) is 0 Å².